The number of aromatic nitrogens is 2. The third-order valence-corrected chi connectivity index (χ3v) is 10.7. The largest absolute Gasteiger partial charge is 0.460 e. The van der Waals surface area contributed by atoms with Gasteiger partial charge < -0.3 is 4.42 Å². The van der Waals surface area contributed by atoms with Gasteiger partial charge in [0.2, 0.25) is 12.6 Å². The first-order chi connectivity index (χ1) is 25.0. The lowest BCUT2D eigenvalue weighted by Gasteiger charge is -2.40. The van der Waals surface area contributed by atoms with E-state index in [1.54, 1.807) is 21.3 Å². The van der Waals surface area contributed by atoms with Crippen LogP contribution in [0, 0.1) is 12.1 Å². The number of carbonyl (C=O) groups excluding carboxylic acids is 4. The number of fused-ring (bicyclic) bond motifs is 4. The fourth-order valence-electron chi connectivity index (χ4n) is 8.34. The van der Waals surface area contributed by atoms with Crippen LogP contribution in [0.15, 0.2) is 126 Å². The SMILES string of the molecule is O=[C][C@](c1ccccc1)(c1ccc([C@]([C]=O)(c2ccccc2)N2CCC[C]2C(=O)n2c3ccc2cc3)o1)N1CCC[C]1C(=O)n1c2ccc1cc2. The van der Waals surface area contributed by atoms with Crippen molar-refractivity contribution in [3.63, 3.8) is 0 Å². The highest BCUT2D eigenvalue weighted by Crippen LogP contribution is 2.48. The fraction of sp³-hybridized carbons (Fsp3) is 0.190. The maximum atomic E-state index is 14.2. The predicted octanol–water partition coefficient (Wildman–Crippen LogP) is 6.71. The smallest absolute Gasteiger partial charge is 0.254 e. The molecule has 2 aliphatic heterocycles. The van der Waals surface area contributed by atoms with E-state index in [2.05, 4.69) is 12.6 Å². The summed E-state index contributed by atoms with van der Waals surface area (Å²) in [5.74, 6) is -0.0154. The number of benzene rings is 4. The van der Waals surface area contributed by atoms with Crippen LogP contribution in [0.4, 0.5) is 0 Å². The van der Waals surface area contributed by atoms with Crippen molar-refractivity contribution in [2.75, 3.05) is 13.1 Å². The molecule has 5 aromatic heterocycles. The molecule has 0 aliphatic carbocycles. The first-order valence-electron chi connectivity index (χ1n) is 17.2. The first-order valence-corrected chi connectivity index (χ1v) is 17.2. The van der Waals surface area contributed by atoms with Crippen LogP contribution < -0.4 is 0 Å². The molecule has 7 heterocycles. The second kappa shape index (κ2) is 12.0. The summed E-state index contributed by atoms with van der Waals surface area (Å²) in [6.07, 6.45) is 6.86. The van der Waals surface area contributed by atoms with Crippen molar-refractivity contribution in [1.82, 2.24) is 18.9 Å². The molecule has 2 aromatic carbocycles. The monoisotopic (exact) mass is 672 g/mol. The van der Waals surface area contributed by atoms with Crippen molar-refractivity contribution in [2.24, 2.45) is 0 Å². The van der Waals surface area contributed by atoms with Crippen molar-refractivity contribution in [1.29, 1.82) is 0 Å². The molecule has 0 spiro atoms. The minimum atomic E-state index is -1.66. The summed E-state index contributed by atoms with van der Waals surface area (Å²) < 4.78 is 10.1. The Morgan fingerprint density at radius 1 is 0.510 bits per heavy atom. The maximum absolute atomic E-state index is 14.2. The number of hydrogen-bond acceptors (Lipinski definition) is 7. The highest BCUT2D eigenvalue weighted by molar-refractivity contribution is 6.02. The molecule has 0 amide bonds. The van der Waals surface area contributed by atoms with Crippen LogP contribution in [-0.2, 0) is 20.7 Å². The van der Waals surface area contributed by atoms with Crippen LogP contribution >= 0.6 is 0 Å². The highest BCUT2D eigenvalue weighted by atomic mass is 16.3. The molecule has 2 fully saturated rings. The van der Waals surface area contributed by atoms with E-state index in [0.29, 0.717) is 62.0 Å². The van der Waals surface area contributed by atoms with E-state index in [0.717, 1.165) is 22.1 Å². The summed E-state index contributed by atoms with van der Waals surface area (Å²) in [7, 11) is 0. The van der Waals surface area contributed by atoms with Gasteiger partial charge >= 0.3 is 0 Å². The normalized spacial score (nSPS) is 18.8. The van der Waals surface area contributed by atoms with E-state index in [9.17, 15) is 19.2 Å². The van der Waals surface area contributed by atoms with E-state index in [1.807, 2.05) is 119 Å². The van der Waals surface area contributed by atoms with Crippen molar-refractivity contribution in [3.8, 4) is 0 Å². The van der Waals surface area contributed by atoms with Gasteiger partial charge in [-0.1, -0.05) is 60.7 Å². The van der Waals surface area contributed by atoms with Crippen molar-refractivity contribution in [2.45, 2.75) is 36.8 Å². The van der Waals surface area contributed by atoms with Crippen LogP contribution in [0.1, 0.15) is 57.9 Å². The van der Waals surface area contributed by atoms with Gasteiger partial charge in [-0.3, -0.25) is 38.1 Å². The van der Waals surface area contributed by atoms with Crippen LogP contribution in [0.3, 0.4) is 0 Å². The molecule has 51 heavy (non-hydrogen) atoms. The van der Waals surface area contributed by atoms with Gasteiger partial charge in [-0.25, -0.2) is 0 Å². The molecule has 4 bridgehead atoms. The van der Waals surface area contributed by atoms with Crippen LogP contribution in [-0.4, -0.2) is 56.4 Å². The van der Waals surface area contributed by atoms with Crippen molar-refractivity contribution < 1.29 is 23.6 Å². The van der Waals surface area contributed by atoms with E-state index in [1.165, 1.54) is 0 Å². The van der Waals surface area contributed by atoms with Gasteiger partial charge in [0, 0.05) is 35.2 Å². The molecule has 2 aliphatic rings. The Bertz CT molecular complexity index is 2100. The Morgan fingerprint density at radius 3 is 1.20 bits per heavy atom. The van der Waals surface area contributed by atoms with Crippen molar-refractivity contribution >= 4 is 46.5 Å². The summed E-state index contributed by atoms with van der Waals surface area (Å²) in [5.41, 5.74) is 0.933. The first kappa shape index (κ1) is 31.3. The van der Waals surface area contributed by atoms with Gasteiger partial charge in [-0.15, -0.1) is 0 Å². The standard InChI is InChI=1S/C42H32N4O5/c47-27-41(29-9-3-1-4-10-29,43-25-7-13-35(43)39(49)45-31-15-16-32(45)18-17-31)37-23-24-38(51-37)42(28-48,30-11-5-2-6-12-30)44-26-8-14-36(44)40(50)46-33-19-20-34(46)22-21-33/h1-6,9-12,15-24H,7-8,13-14,25-26H2/t41-,42-/m0/s1. The van der Waals surface area contributed by atoms with Crippen LogP contribution in [0.25, 0.3) is 22.1 Å². The zero-order chi connectivity index (χ0) is 34.7. The second-order valence-corrected chi connectivity index (χ2v) is 13.2. The van der Waals surface area contributed by atoms with E-state index in [-0.39, 0.29) is 23.3 Å². The van der Waals surface area contributed by atoms with Crippen molar-refractivity contribution in [3.05, 3.63) is 156 Å². The lowest BCUT2D eigenvalue weighted by atomic mass is 9.85. The van der Waals surface area contributed by atoms with Gasteiger partial charge in [-0.05, 0) is 97.5 Å². The second-order valence-electron chi connectivity index (χ2n) is 13.2. The molecular weight excluding hydrogens is 640 g/mol. The van der Waals surface area contributed by atoms with Gasteiger partial charge in [0.05, 0.1) is 0 Å². The topological polar surface area (TPSA) is 97.8 Å². The molecule has 9 nitrogen and oxygen atoms in total. The third kappa shape index (κ3) is 4.48. The average Bonchev–Trinajstić information content (AvgIpc) is 4.04. The molecule has 7 aromatic rings. The third-order valence-electron chi connectivity index (χ3n) is 10.7. The zero-order valence-electron chi connectivity index (χ0n) is 27.6. The van der Waals surface area contributed by atoms with Gasteiger partial charge in [-0.2, -0.15) is 0 Å². The van der Waals surface area contributed by atoms with Crippen LogP contribution in [0.2, 0.25) is 0 Å². The molecule has 2 atom stereocenters. The molecular formula is C42H32N4O5. The Balaban J connectivity index is 1.19. The van der Waals surface area contributed by atoms with Gasteiger partial charge in [0.25, 0.3) is 11.8 Å². The lowest BCUT2D eigenvalue weighted by Crippen LogP contribution is -2.51. The van der Waals surface area contributed by atoms with E-state index in [4.69, 9.17) is 4.42 Å². The molecule has 9 rings (SSSR count). The quantitative estimate of drug-likeness (QED) is 0.159. The Labute approximate surface area is 294 Å². The predicted molar refractivity (Wildman–Crippen MR) is 190 cm³/mol. The molecule has 2 saturated heterocycles. The summed E-state index contributed by atoms with van der Waals surface area (Å²) in [6, 6.07) is 37.8. The Kier molecular flexibility index (Phi) is 7.38. The minimum Gasteiger partial charge on any atom is -0.460 e. The fourth-order valence-corrected chi connectivity index (χ4v) is 8.34. The number of nitrogens with zero attached hydrogens (tertiary/aromatic N) is 4. The zero-order valence-corrected chi connectivity index (χ0v) is 27.6. The van der Waals surface area contributed by atoms with E-state index >= 15 is 0 Å². The Hall–Kier alpha value is -5.64. The average molecular weight is 673 g/mol. The maximum Gasteiger partial charge on any atom is 0.254 e. The Morgan fingerprint density at radius 2 is 0.863 bits per heavy atom. The number of hydrogen-bond donors (Lipinski definition) is 0. The van der Waals surface area contributed by atoms with Gasteiger partial charge in [0.1, 0.15) is 23.6 Å². The number of furan rings is 1. The molecule has 0 unspecified atom stereocenters. The summed E-state index contributed by atoms with van der Waals surface area (Å²) in [4.78, 5) is 59.5. The van der Waals surface area contributed by atoms with Gasteiger partial charge in [0.15, 0.2) is 11.1 Å². The molecule has 0 N–H and O–H groups in total. The number of carbonyl (C=O) groups is 2. The van der Waals surface area contributed by atoms with Crippen LogP contribution in [0.5, 0.6) is 0 Å². The van der Waals surface area contributed by atoms with E-state index < -0.39 is 11.1 Å². The summed E-state index contributed by atoms with van der Waals surface area (Å²) in [6.45, 7) is 0.802. The number of rotatable bonds is 10. The molecule has 4 radical (unpaired) electrons. The summed E-state index contributed by atoms with van der Waals surface area (Å²) >= 11 is 0. The summed E-state index contributed by atoms with van der Waals surface area (Å²) in [5, 5.41) is 0. The highest BCUT2D eigenvalue weighted by Gasteiger charge is 2.55. The molecule has 250 valence electrons. The number of likely N-dealkylation sites (tertiary alicyclic amines) is 2. The lowest BCUT2D eigenvalue weighted by molar-refractivity contribution is 0.0822. The molecule has 9 heteroatoms. The molecule has 0 saturated carbocycles. The minimum absolute atomic E-state index is 0.201.